The summed E-state index contributed by atoms with van der Waals surface area (Å²) in [6.07, 6.45) is 3.91. The highest BCUT2D eigenvalue weighted by Crippen LogP contribution is 2.30. The first-order chi connectivity index (χ1) is 9.20. The maximum absolute atomic E-state index is 13.3. The summed E-state index contributed by atoms with van der Waals surface area (Å²) in [5.74, 6) is 1.25. The largest absolute Gasteiger partial charge is 0.312 e. The van der Waals surface area contributed by atoms with Crippen LogP contribution in [-0.4, -0.2) is 37.6 Å². The van der Waals surface area contributed by atoms with Crippen LogP contribution < -0.4 is 5.32 Å². The predicted octanol–water partition coefficient (Wildman–Crippen LogP) is 2.61. The minimum Gasteiger partial charge on any atom is -0.312 e. The Kier molecular flexibility index (Phi) is 3.85. The van der Waals surface area contributed by atoms with Gasteiger partial charge in [0, 0.05) is 19.1 Å². The average molecular weight is 262 g/mol. The van der Waals surface area contributed by atoms with Crippen molar-refractivity contribution in [2.45, 2.75) is 31.2 Å². The number of likely N-dealkylation sites (tertiary alicyclic amines) is 1. The summed E-state index contributed by atoms with van der Waals surface area (Å²) in [6.45, 7) is 3.30. The van der Waals surface area contributed by atoms with Gasteiger partial charge in [0.1, 0.15) is 5.82 Å². The molecule has 3 rings (SSSR count). The second-order valence-corrected chi connectivity index (χ2v) is 6.26. The summed E-state index contributed by atoms with van der Waals surface area (Å²) < 4.78 is 13.3. The molecule has 2 atom stereocenters. The molecule has 2 aliphatic rings. The van der Waals surface area contributed by atoms with Crippen LogP contribution in [0.3, 0.4) is 0 Å². The summed E-state index contributed by atoms with van der Waals surface area (Å²) in [4.78, 5) is 2.36. The standard InChI is InChI=1S/C16H23FN2/c1-19-10-14(13-3-2-4-15(17)7-13)8-16(11-19)18-9-12-5-6-12/h2-4,7,12,14,16,18H,5-6,8-11H2,1H3. The molecule has 1 N–H and O–H groups in total. The van der Waals surface area contributed by atoms with Crippen molar-refractivity contribution < 1.29 is 4.39 Å². The van der Waals surface area contributed by atoms with E-state index in [-0.39, 0.29) is 5.82 Å². The molecular formula is C16H23FN2. The first-order valence-electron chi connectivity index (χ1n) is 7.38. The molecule has 2 unspecified atom stereocenters. The van der Waals surface area contributed by atoms with Crippen LogP contribution in [0.25, 0.3) is 0 Å². The zero-order valence-electron chi connectivity index (χ0n) is 11.6. The van der Waals surface area contributed by atoms with E-state index >= 15 is 0 Å². The molecule has 1 saturated heterocycles. The summed E-state index contributed by atoms with van der Waals surface area (Å²) >= 11 is 0. The third-order valence-electron chi connectivity index (χ3n) is 4.35. The van der Waals surface area contributed by atoms with Gasteiger partial charge in [0.15, 0.2) is 0 Å². The number of likely N-dealkylation sites (N-methyl/N-ethyl adjacent to an activating group) is 1. The van der Waals surface area contributed by atoms with Gasteiger partial charge in [0.2, 0.25) is 0 Å². The van der Waals surface area contributed by atoms with Crippen LogP contribution >= 0.6 is 0 Å². The number of rotatable bonds is 4. The molecule has 1 aromatic rings. The summed E-state index contributed by atoms with van der Waals surface area (Å²) in [6, 6.07) is 7.66. The fraction of sp³-hybridized carbons (Fsp3) is 0.625. The van der Waals surface area contributed by atoms with Gasteiger partial charge in [0.25, 0.3) is 0 Å². The molecule has 0 bridgehead atoms. The van der Waals surface area contributed by atoms with E-state index in [4.69, 9.17) is 0 Å². The molecule has 3 heteroatoms. The Bertz CT molecular complexity index is 431. The molecule has 1 heterocycles. The van der Waals surface area contributed by atoms with Crippen LogP contribution in [0.4, 0.5) is 4.39 Å². The van der Waals surface area contributed by atoms with E-state index in [1.807, 2.05) is 6.07 Å². The molecule has 0 aromatic heterocycles. The van der Waals surface area contributed by atoms with E-state index in [9.17, 15) is 4.39 Å². The van der Waals surface area contributed by atoms with Crippen molar-refractivity contribution >= 4 is 0 Å². The van der Waals surface area contributed by atoms with Crippen LogP contribution in [0.5, 0.6) is 0 Å². The molecule has 0 spiro atoms. The third-order valence-corrected chi connectivity index (χ3v) is 4.35. The molecule has 0 radical (unpaired) electrons. The summed E-state index contributed by atoms with van der Waals surface area (Å²) in [5, 5.41) is 3.69. The van der Waals surface area contributed by atoms with Crippen molar-refractivity contribution in [2.75, 3.05) is 26.7 Å². The molecule has 1 aliphatic carbocycles. The highest BCUT2D eigenvalue weighted by Gasteiger charge is 2.28. The number of piperidine rings is 1. The lowest BCUT2D eigenvalue weighted by atomic mass is 9.88. The fourth-order valence-electron chi connectivity index (χ4n) is 3.12. The van der Waals surface area contributed by atoms with Crippen LogP contribution in [-0.2, 0) is 0 Å². The maximum atomic E-state index is 13.3. The van der Waals surface area contributed by atoms with Gasteiger partial charge >= 0.3 is 0 Å². The Morgan fingerprint density at radius 3 is 2.89 bits per heavy atom. The predicted molar refractivity (Wildman–Crippen MR) is 75.8 cm³/mol. The third kappa shape index (κ3) is 3.54. The number of halogens is 1. The van der Waals surface area contributed by atoms with Gasteiger partial charge in [-0.1, -0.05) is 12.1 Å². The van der Waals surface area contributed by atoms with Crippen molar-refractivity contribution in [1.29, 1.82) is 0 Å². The van der Waals surface area contributed by atoms with Crippen molar-refractivity contribution in [3.63, 3.8) is 0 Å². The zero-order valence-corrected chi connectivity index (χ0v) is 11.6. The highest BCUT2D eigenvalue weighted by atomic mass is 19.1. The maximum Gasteiger partial charge on any atom is 0.123 e. The quantitative estimate of drug-likeness (QED) is 0.897. The first-order valence-corrected chi connectivity index (χ1v) is 7.38. The lowest BCUT2D eigenvalue weighted by molar-refractivity contribution is 0.203. The molecule has 104 valence electrons. The lowest BCUT2D eigenvalue weighted by Gasteiger charge is -2.36. The lowest BCUT2D eigenvalue weighted by Crippen LogP contribution is -2.47. The van der Waals surface area contributed by atoms with Gasteiger partial charge in [0.05, 0.1) is 0 Å². The van der Waals surface area contributed by atoms with Crippen LogP contribution in [0.2, 0.25) is 0 Å². The normalized spacial score (nSPS) is 28.5. The van der Waals surface area contributed by atoms with E-state index < -0.39 is 0 Å². The van der Waals surface area contributed by atoms with Crippen LogP contribution in [0.1, 0.15) is 30.7 Å². The van der Waals surface area contributed by atoms with E-state index in [0.29, 0.717) is 12.0 Å². The average Bonchev–Trinajstić information content (AvgIpc) is 3.20. The molecule has 2 nitrogen and oxygen atoms in total. The molecule has 1 aromatic carbocycles. The van der Waals surface area contributed by atoms with Crippen molar-refractivity contribution in [3.05, 3.63) is 35.6 Å². The van der Waals surface area contributed by atoms with Gasteiger partial charge in [-0.25, -0.2) is 4.39 Å². The van der Waals surface area contributed by atoms with Crippen LogP contribution in [0, 0.1) is 11.7 Å². The Labute approximate surface area is 115 Å². The van der Waals surface area contributed by atoms with Gasteiger partial charge in [-0.2, -0.15) is 0 Å². The fourth-order valence-corrected chi connectivity index (χ4v) is 3.12. The van der Waals surface area contributed by atoms with Gasteiger partial charge in [-0.05, 0) is 62.4 Å². The molecule has 19 heavy (non-hydrogen) atoms. The Morgan fingerprint density at radius 1 is 1.32 bits per heavy atom. The van der Waals surface area contributed by atoms with E-state index in [1.165, 1.54) is 18.9 Å². The van der Waals surface area contributed by atoms with E-state index in [0.717, 1.165) is 37.5 Å². The minimum absolute atomic E-state index is 0.117. The molecule has 0 amide bonds. The molecule has 1 aliphatic heterocycles. The second kappa shape index (κ2) is 5.59. The van der Waals surface area contributed by atoms with Gasteiger partial charge < -0.3 is 10.2 Å². The Balaban J connectivity index is 1.63. The van der Waals surface area contributed by atoms with E-state index in [2.05, 4.69) is 23.3 Å². The van der Waals surface area contributed by atoms with Crippen molar-refractivity contribution in [2.24, 2.45) is 5.92 Å². The van der Waals surface area contributed by atoms with Crippen molar-refractivity contribution in [3.8, 4) is 0 Å². The number of hydrogen-bond donors (Lipinski definition) is 1. The summed E-state index contributed by atoms with van der Waals surface area (Å²) in [7, 11) is 2.16. The van der Waals surface area contributed by atoms with Gasteiger partial charge in [-0.3, -0.25) is 0 Å². The smallest absolute Gasteiger partial charge is 0.123 e. The Morgan fingerprint density at radius 2 is 2.16 bits per heavy atom. The topological polar surface area (TPSA) is 15.3 Å². The van der Waals surface area contributed by atoms with Crippen LogP contribution in [0.15, 0.2) is 24.3 Å². The van der Waals surface area contributed by atoms with E-state index in [1.54, 1.807) is 6.07 Å². The molecule has 1 saturated carbocycles. The van der Waals surface area contributed by atoms with Crippen molar-refractivity contribution in [1.82, 2.24) is 10.2 Å². The highest BCUT2D eigenvalue weighted by molar-refractivity contribution is 5.22. The minimum atomic E-state index is -0.117. The zero-order chi connectivity index (χ0) is 13.2. The first kappa shape index (κ1) is 13.1. The summed E-state index contributed by atoms with van der Waals surface area (Å²) in [5.41, 5.74) is 1.14. The molecule has 2 fully saturated rings. The Hall–Kier alpha value is -0.930. The number of hydrogen-bond acceptors (Lipinski definition) is 2. The number of nitrogens with one attached hydrogen (secondary N) is 1. The number of nitrogens with zero attached hydrogens (tertiary/aromatic N) is 1. The second-order valence-electron chi connectivity index (χ2n) is 6.26. The SMILES string of the molecule is CN1CC(NCC2CC2)CC(c2cccc(F)c2)C1. The monoisotopic (exact) mass is 262 g/mol. The van der Waals surface area contributed by atoms with Gasteiger partial charge in [-0.15, -0.1) is 0 Å². The molecular weight excluding hydrogens is 239 g/mol. The number of benzene rings is 1.